The maximum absolute atomic E-state index is 12.7. The Morgan fingerprint density at radius 3 is 1.90 bits per heavy atom. The molecule has 2 fully saturated rings. The van der Waals surface area contributed by atoms with Crippen molar-refractivity contribution in [2.24, 2.45) is 0 Å². The number of halogens is 6. The smallest absolute Gasteiger partial charge is 0.417 e. The van der Waals surface area contributed by atoms with Crippen LogP contribution in [0.3, 0.4) is 0 Å². The number of hydroxylamine groups is 2. The fraction of sp³-hybridized carbons (Fsp3) is 0.476. The summed E-state index contributed by atoms with van der Waals surface area (Å²) in [6, 6.07) is 6.70. The lowest BCUT2D eigenvalue weighted by Crippen LogP contribution is -2.55. The highest BCUT2D eigenvalue weighted by molar-refractivity contribution is 5.29. The molecule has 2 saturated heterocycles. The molecule has 2 aliphatic rings. The SMILES string of the molecule is FC(F)(F)c1ccc(O[C@H]2C[C@H]3CCC[C@@H](C2)N3Oc2ccc(C(F)(F)F)cn2)cc1. The number of alkyl halides is 6. The summed E-state index contributed by atoms with van der Waals surface area (Å²) >= 11 is 0. The molecule has 0 amide bonds. The van der Waals surface area contributed by atoms with Crippen molar-refractivity contribution < 1.29 is 35.9 Å². The first-order chi connectivity index (χ1) is 14.6. The Bertz CT molecular complexity index is 869. The van der Waals surface area contributed by atoms with Crippen LogP contribution in [0.4, 0.5) is 26.3 Å². The summed E-state index contributed by atoms with van der Waals surface area (Å²) in [5, 5.41) is 1.78. The Hall–Kier alpha value is -2.49. The second-order valence-corrected chi connectivity index (χ2v) is 7.81. The number of hydrogen-bond acceptors (Lipinski definition) is 4. The first-order valence-corrected chi connectivity index (χ1v) is 9.93. The number of ether oxygens (including phenoxy) is 1. The van der Waals surface area contributed by atoms with Crippen LogP contribution in [0, 0.1) is 0 Å². The molecule has 0 unspecified atom stereocenters. The van der Waals surface area contributed by atoms with Gasteiger partial charge in [0, 0.05) is 37.2 Å². The summed E-state index contributed by atoms with van der Waals surface area (Å²) in [6.07, 6.45) is -4.48. The third kappa shape index (κ3) is 5.06. The highest BCUT2D eigenvalue weighted by Crippen LogP contribution is 2.37. The molecule has 4 rings (SSSR count). The molecule has 0 radical (unpaired) electrons. The molecule has 4 nitrogen and oxygen atoms in total. The van der Waals surface area contributed by atoms with E-state index in [2.05, 4.69) is 4.98 Å². The summed E-state index contributed by atoms with van der Waals surface area (Å²) in [4.78, 5) is 9.59. The summed E-state index contributed by atoms with van der Waals surface area (Å²) in [7, 11) is 0. The molecular weight excluding hydrogens is 426 g/mol. The van der Waals surface area contributed by atoms with Crippen LogP contribution < -0.4 is 9.57 Å². The van der Waals surface area contributed by atoms with E-state index in [1.54, 1.807) is 5.06 Å². The molecule has 2 aliphatic heterocycles. The molecule has 10 heteroatoms. The van der Waals surface area contributed by atoms with Crippen LogP contribution in [0.25, 0.3) is 0 Å². The van der Waals surface area contributed by atoms with E-state index in [0.717, 1.165) is 43.7 Å². The number of benzene rings is 1. The lowest BCUT2D eigenvalue weighted by atomic mass is 9.84. The zero-order valence-electron chi connectivity index (χ0n) is 16.3. The minimum absolute atomic E-state index is 0.0176. The number of nitrogens with zero attached hydrogens (tertiary/aromatic N) is 2. The summed E-state index contributed by atoms with van der Waals surface area (Å²) in [5.74, 6) is 0.460. The molecule has 2 bridgehead atoms. The number of rotatable bonds is 4. The van der Waals surface area contributed by atoms with Crippen LogP contribution in [0.15, 0.2) is 42.6 Å². The number of pyridine rings is 1. The Kier molecular flexibility index (Phi) is 5.76. The molecule has 0 spiro atoms. The quantitative estimate of drug-likeness (QED) is 0.550. The molecule has 168 valence electrons. The number of piperidine rings is 2. The average molecular weight is 446 g/mol. The molecule has 1 aromatic carbocycles. The maximum atomic E-state index is 12.7. The van der Waals surface area contributed by atoms with Gasteiger partial charge in [-0.05, 0) is 43.2 Å². The number of fused-ring (bicyclic) bond motifs is 2. The fourth-order valence-corrected chi connectivity index (χ4v) is 4.16. The highest BCUT2D eigenvalue weighted by atomic mass is 19.4. The van der Waals surface area contributed by atoms with Gasteiger partial charge in [-0.25, -0.2) is 4.98 Å². The van der Waals surface area contributed by atoms with Gasteiger partial charge in [-0.3, -0.25) is 0 Å². The van der Waals surface area contributed by atoms with E-state index in [9.17, 15) is 26.3 Å². The van der Waals surface area contributed by atoms with Gasteiger partial charge in [0.2, 0.25) is 5.88 Å². The second kappa shape index (κ2) is 8.22. The Labute approximate surface area is 174 Å². The van der Waals surface area contributed by atoms with Crippen molar-refractivity contribution in [3.63, 3.8) is 0 Å². The monoisotopic (exact) mass is 446 g/mol. The van der Waals surface area contributed by atoms with Crippen LogP contribution in [0.1, 0.15) is 43.2 Å². The molecule has 3 heterocycles. The molecule has 0 N–H and O–H groups in total. The van der Waals surface area contributed by atoms with Gasteiger partial charge >= 0.3 is 12.4 Å². The van der Waals surface area contributed by atoms with E-state index >= 15 is 0 Å². The van der Waals surface area contributed by atoms with Crippen molar-refractivity contribution in [1.29, 1.82) is 0 Å². The van der Waals surface area contributed by atoms with E-state index in [0.29, 0.717) is 18.6 Å². The fourth-order valence-electron chi connectivity index (χ4n) is 4.16. The largest absolute Gasteiger partial charge is 0.490 e. The van der Waals surface area contributed by atoms with Crippen molar-refractivity contribution in [1.82, 2.24) is 10.0 Å². The van der Waals surface area contributed by atoms with E-state index in [1.807, 2.05) is 0 Å². The summed E-state index contributed by atoms with van der Waals surface area (Å²) in [6.45, 7) is 0. The molecular formula is C21H20F6N2O2. The van der Waals surface area contributed by atoms with Crippen LogP contribution in [0.2, 0.25) is 0 Å². The highest BCUT2D eigenvalue weighted by Gasteiger charge is 2.41. The Balaban J connectivity index is 1.40. The van der Waals surface area contributed by atoms with Gasteiger partial charge in [-0.15, -0.1) is 5.06 Å². The van der Waals surface area contributed by atoms with Gasteiger partial charge in [-0.1, -0.05) is 6.42 Å². The first kappa shape index (κ1) is 21.7. The van der Waals surface area contributed by atoms with Crippen LogP contribution >= 0.6 is 0 Å². The predicted molar refractivity (Wildman–Crippen MR) is 98.2 cm³/mol. The van der Waals surface area contributed by atoms with Crippen molar-refractivity contribution in [2.75, 3.05) is 0 Å². The van der Waals surface area contributed by atoms with Gasteiger partial charge in [0.05, 0.1) is 11.1 Å². The number of hydrogen-bond donors (Lipinski definition) is 0. The zero-order valence-corrected chi connectivity index (χ0v) is 16.3. The van der Waals surface area contributed by atoms with E-state index in [-0.39, 0.29) is 24.1 Å². The van der Waals surface area contributed by atoms with Crippen LogP contribution in [-0.4, -0.2) is 28.2 Å². The summed E-state index contributed by atoms with van der Waals surface area (Å²) < 4.78 is 82.2. The van der Waals surface area contributed by atoms with Crippen molar-refractivity contribution in [3.8, 4) is 11.6 Å². The second-order valence-electron chi connectivity index (χ2n) is 7.81. The Morgan fingerprint density at radius 1 is 0.806 bits per heavy atom. The van der Waals surface area contributed by atoms with Gasteiger partial charge < -0.3 is 9.57 Å². The molecule has 0 saturated carbocycles. The molecule has 2 aromatic rings. The van der Waals surface area contributed by atoms with Crippen molar-refractivity contribution in [3.05, 3.63) is 53.7 Å². The normalized spacial score (nSPS) is 24.6. The lowest BCUT2D eigenvalue weighted by molar-refractivity contribution is -0.185. The predicted octanol–water partition coefficient (Wildman–Crippen LogP) is 5.88. The third-order valence-corrected chi connectivity index (χ3v) is 5.61. The molecule has 3 atom stereocenters. The standard InChI is InChI=1S/C21H20F6N2O2/c22-20(23,24)13-4-7-17(8-5-13)30-18-10-15-2-1-3-16(11-18)29(15)31-19-9-6-14(12-28-19)21(25,26)27/h4-9,12,15-16,18H,1-3,10-11H2/t15-,16+,18+. The lowest BCUT2D eigenvalue weighted by Gasteiger charge is -2.46. The molecule has 1 aromatic heterocycles. The van der Waals surface area contributed by atoms with E-state index in [1.165, 1.54) is 18.2 Å². The average Bonchev–Trinajstić information content (AvgIpc) is 2.68. The van der Waals surface area contributed by atoms with Gasteiger partial charge in [0.15, 0.2) is 0 Å². The zero-order chi connectivity index (χ0) is 22.2. The first-order valence-electron chi connectivity index (χ1n) is 9.93. The minimum atomic E-state index is -4.46. The van der Waals surface area contributed by atoms with Crippen molar-refractivity contribution in [2.45, 2.75) is 62.6 Å². The summed E-state index contributed by atoms with van der Waals surface area (Å²) in [5.41, 5.74) is -1.58. The third-order valence-electron chi connectivity index (χ3n) is 5.61. The van der Waals surface area contributed by atoms with Crippen LogP contribution in [-0.2, 0) is 12.4 Å². The molecule has 0 aliphatic carbocycles. The minimum Gasteiger partial charge on any atom is -0.490 e. The van der Waals surface area contributed by atoms with Gasteiger partial charge in [0.25, 0.3) is 0 Å². The molecule has 31 heavy (non-hydrogen) atoms. The topological polar surface area (TPSA) is 34.6 Å². The van der Waals surface area contributed by atoms with Gasteiger partial charge in [0.1, 0.15) is 11.9 Å². The van der Waals surface area contributed by atoms with E-state index in [4.69, 9.17) is 9.57 Å². The van der Waals surface area contributed by atoms with E-state index < -0.39 is 23.5 Å². The van der Waals surface area contributed by atoms with Crippen molar-refractivity contribution >= 4 is 0 Å². The number of aromatic nitrogens is 1. The van der Waals surface area contributed by atoms with Gasteiger partial charge in [-0.2, -0.15) is 26.3 Å². The maximum Gasteiger partial charge on any atom is 0.417 e. The Morgan fingerprint density at radius 2 is 1.39 bits per heavy atom. The van der Waals surface area contributed by atoms with Crippen LogP contribution in [0.5, 0.6) is 11.6 Å².